The third kappa shape index (κ3) is 3.19. The molecule has 0 unspecified atom stereocenters. The molecule has 0 aliphatic rings. The molecule has 24 heavy (non-hydrogen) atoms. The molecule has 0 bridgehead atoms. The normalized spacial score (nSPS) is 10.4. The molecule has 0 saturated carbocycles. The second-order valence-electron chi connectivity index (χ2n) is 5.20. The van der Waals surface area contributed by atoms with Gasteiger partial charge in [0.05, 0.1) is 18.1 Å². The second-order valence-corrected chi connectivity index (χ2v) is 5.20. The fourth-order valence-electron chi connectivity index (χ4n) is 2.16. The molecule has 3 aromatic rings. The van der Waals surface area contributed by atoms with Crippen LogP contribution in [-0.2, 0) is 0 Å². The van der Waals surface area contributed by atoms with Crippen LogP contribution in [0.1, 0.15) is 33.5 Å². The summed E-state index contributed by atoms with van der Waals surface area (Å²) in [5.74, 6) is 0.923. The smallest absolute Gasteiger partial charge is 0.255 e. The Balaban J connectivity index is 1.72. The zero-order valence-electron chi connectivity index (χ0n) is 13.2. The molecule has 0 radical (unpaired) electrons. The maximum Gasteiger partial charge on any atom is 0.255 e. The first-order chi connectivity index (χ1) is 11.5. The summed E-state index contributed by atoms with van der Waals surface area (Å²) in [6.45, 7) is 3.33. The molecule has 1 amide bonds. The molecule has 3 rings (SSSR count). The SMILES string of the molecule is CC(=O)c1ccc(C(=O)Nc2cnc(-n3ccnc3C)nc2)cc1. The molecule has 0 spiro atoms. The zero-order chi connectivity index (χ0) is 17.1. The number of aryl methyl sites for hydroxylation is 1. The van der Waals surface area contributed by atoms with Crippen molar-refractivity contribution in [2.45, 2.75) is 13.8 Å². The highest BCUT2D eigenvalue weighted by Crippen LogP contribution is 2.11. The lowest BCUT2D eigenvalue weighted by Gasteiger charge is -2.07. The Kier molecular flexibility index (Phi) is 4.15. The molecule has 0 aliphatic heterocycles. The Morgan fingerprint density at radius 1 is 1.00 bits per heavy atom. The quantitative estimate of drug-likeness (QED) is 0.745. The van der Waals surface area contributed by atoms with E-state index in [-0.39, 0.29) is 11.7 Å². The van der Waals surface area contributed by atoms with Crippen LogP contribution in [0.25, 0.3) is 5.95 Å². The Bertz CT molecular complexity index is 882. The molecule has 0 fully saturated rings. The molecule has 0 aliphatic carbocycles. The van der Waals surface area contributed by atoms with E-state index in [1.54, 1.807) is 41.2 Å². The Labute approximate surface area is 138 Å². The average Bonchev–Trinajstić information content (AvgIpc) is 3.01. The number of benzene rings is 1. The topological polar surface area (TPSA) is 89.8 Å². The van der Waals surface area contributed by atoms with Crippen LogP contribution in [0.5, 0.6) is 0 Å². The lowest BCUT2D eigenvalue weighted by atomic mass is 10.1. The summed E-state index contributed by atoms with van der Waals surface area (Å²) in [5.41, 5.74) is 1.50. The van der Waals surface area contributed by atoms with E-state index in [1.165, 1.54) is 19.3 Å². The van der Waals surface area contributed by atoms with Gasteiger partial charge in [0.2, 0.25) is 5.95 Å². The van der Waals surface area contributed by atoms with Crippen molar-refractivity contribution in [2.24, 2.45) is 0 Å². The van der Waals surface area contributed by atoms with E-state index in [0.717, 1.165) is 5.82 Å². The summed E-state index contributed by atoms with van der Waals surface area (Å²) in [5, 5.41) is 2.72. The van der Waals surface area contributed by atoms with E-state index < -0.39 is 0 Å². The highest BCUT2D eigenvalue weighted by Gasteiger charge is 2.09. The third-order valence-corrected chi connectivity index (χ3v) is 3.49. The summed E-state index contributed by atoms with van der Waals surface area (Å²) >= 11 is 0. The molecule has 120 valence electrons. The van der Waals surface area contributed by atoms with Gasteiger partial charge in [-0.25, -0.2) is 15.0 Å². The number of Topliss-reactive ketones (excluding diaryl/α,β-unsaturated/α-hetero) is 1. The van der Waals surface area contributed by atoms with Crippen LogP contribution in [0.3, 0.4) is 0 Å². The van der Waals surface area contributed by atoms with E-state index in [1.807, 2.05) is 6.92 Å². The fourth-order valence-corrected chi connectivity index (χ4v) is 2.16. The van der Waals surface area contributed by atoms with Crippen LogP contribution in [0.15, 0.2) is 49.1 Å². The van der Waals surface area contributed by atoms with Crippen molar-refractivity contribution in [3.63, 3.8) is 0 Å². The molecule has 2 heterocycles. The van der Waals surface area contributed by atoms with Crippen LogP contribution in [0.4, 0.5) is 5.69 Å². The lowest BCUT2D eigenvalue weighted by Crippen LogP contribution is -2.13. The van der Waals surface area contributed by atoms with Gasteiger partial charge < -0.3 is 5.32 Å². The van der Waals surface area contributed by atoms with Gasteiger partial charge in [-0.15, -0.1) is 0 Å². The number of imidazole rings is 1. The molecule has 1 aromatic carbocycles. The molecule has 0 saturated heterocycles. The standard InChI is InChI=1S/C17H15N5O2/c1-11(23)13-3-5-14(6-4-13)16(24)21-15-9-19-17(20-10-15)22-8-7-18-12(22)2/h3-10H,1-2H3,(H,21,24). The third-order valence-electron chi connectivity index (χ3n) is 3.49. The number of ketones is 1. The number of anilines is 1. The molecule has 1 N–H and O–H groups in total. The molecule has 7 heteroatoms. The van der Waals surface area contributed by atoms with E-state index in [0.29, 0.717) is 22.8 Å². The second kappa shape index (κ2) is 6.41. The molecular weight excluding hydrogens is 306 g/mol. The first-order valence-corrected chi connectivity index (χ1v) is 7.29. The minimum Gasteiger partial charge on any atom is -0.319 e. The van der Waals surface area contributed by atoms with Gasteiger partial charge in [-0.3, -0.25) is 14.2 Å². The number of nitrogens with zero attached hydrogens (tertiary/aromatic N) is 4. The maximum atomic E-state index is 12.2. The number of nitrogens with one attached hydrogen (secondary N) is 1. The van der Waals surface area contributed by atoms with Crippen molar-refractivity contribution in [3.8, 4) is 5.95 Å². The van der Waals surface area contributed by atoms with Crippen LogP contribution in [-0.4, -0.2) is 31.2 Å². The van der Waals surface area contributed by atoms with Gasteiger partial charge in [-0.05, 0) is 26.0 Å². The zero-order valence-corrected chi connectivity index (χ0v) is 13.2. The van der Waals surface area contributed by atoms with E-state index >= 15 is 0 Å². The number of hydrogen-bond acceptors (Lipinski definition) is 5. The number of rotatable bonds is 4. The Morgan fingerprint density at radius 3 is 2.17 bits per heavy atom. The monoisotopic (exact) mass is 321 g/mol. The molecule has 0 atom stereocenters. The van der Waals surface area contributed by atoms with Crippen LogP contribution in [0, 0.1) is 6.92 Å². The van der Waals surface area contributed by atoms with Gasteiger partial charge >= 0.3 is 0 Å². The predicted octanol–water partition coefficient (Wildman–Crippen LogP) is 2.43. The maximum absolute atomic E-state index is 12.2. The molecule has 2 aromatic heterocycles. The van der Waals surface area contributed by atoms with Gasteiger partial charge in [0.25, 0.3) is 5.91 Å². The lowest BCUT2D eigenvalue weighted by molar-refractivity contribution is 0.100. The fraction of sp³-hybridized carbons (Fsp3) is 0.118. The van der Waals surface area contributed by atoms with Crippen LogP contribution < -0.4 is 5.32 Å². The summed E-state index contributed by atoms with van der Waals surface area (Å²) < 4.78 is 1.74. The van der Waals surface area contributed by atoms with E-state index in [2.05, 4.69) is 20.3 Å². The van der Waals surface area contributed by atoms with Crippen molar-refractivity contribution in [3.05, 3.63) is 66.0 Å². The van der Waals surface area contributed by atoms with Crippen molar-refractivity contribution in [1.82, 2.24) is 19.5 Å². The van der Waals surface area contributed by atoms with Gasteiger partial charge in [-0.2, -0.15) is 0 Å². The number of amides is 1. The van der Waals surface area contributed by atoms with Crippen molar-refractivity contribution < 1.29 is 9.59 Å². The highest BCUT2D eigenvalue weighted by molar-refractivity contribution is 6.04. The van der Waals surface area contributed by atoms with Gasteiger partial charge in [-0.1, -0.05) is 12.1 Å². The molecule has 7 nitrogen and oxygen atoms in total. The predicted molar refractivity (Wildman–Crippen MR) is 88.3 cm³/mol. The van der Waals surface area contributed by atoms with Crippen molar-refractivity contribution in [1.29, 1.82) is 0 Å². The minimum atomic E-state index is -0.291. The van der Waals surface area contributed by atoms with E-state index in [9.17, 15) is 9.59 Å². The Morgan fingerprint density at radius 2 is 1.62 bits per heavy atom. The minimum absolute atomic E-state index is 0.0410. The largest absolute Gasteiger partial charge is 0.319 e. The summed E-state index contributed by atoms with van der Waals surface area (Å²) in [6, 6.07) is 6.46. The summed E-state index contributed by atoms with van der Waals surface area (Å²) in [7, 11) is 0. The van der Waals surface area contributed by atoms with Gasteiger partial charge in [0.1, 0.15) is 5.82 Å². The summed E-state index contributed by atoms with van der Waals surface area (Å²) in [4.78, 5) is 36.0. The van der Waals surface area contributed by atoms with Gasteiger partial charge in [0.15, 0.2) is 5.78 Å². The van der Waals surface area contributed by atoms with Crippen molar-refractivity contribution in [2.75, 3.05) is 5.32 Å². The van der Waals surface area contributed by atoms with Gasteiger partial charge in [0, 0.05) is 23.5 Å². The Hall–Kier alpha value is -3.35. The number of carbonyl (C=O) groups is 2. The number of aromatic nitrogens is 4. The van der Waals surface area contributed by atoms with Crippen molar-refractivity contribution >= 4 is 17.4 Å². The van der Waals surface area contributed by atoms with Crippen LogP contribution >= 0.6 is 0 Å². The number of hydrogen-bond donors (Lipinski definition) is 1. The van der Waals surface area contributed by atoms with E-state index in [4.69, 9.17) is 0 Å². The highest BCUT2D eigenvalue weighted by atomic mass is 16.1. The average molecular weight is 321 g/mol. The molecular formula is C17H15N5O2. The van der Waals surface area contributed by atoms with Crippen LogP contribution in [0.2, 0.25) is 0 Å². The first-order valence-electron chi connectivity index (χ1n) is 7.29. The first kappa shape index (κ1) is 15.5. The summed E-state index contributed by atoms with van der Waals surface area (Å²) in [6.07, 6.45) is 6.49. The number of carbonyl (C=O) groups excluding carboxylic acids is 2.